The molecule has 2 aliphatic heterocycles. The molecule has 1 aromatic heterocycles. The van der Waals surface area contributed by atoms with E-state index in [9.17, 15) is 5.11 Å². The molecule has 1 saturated heterocycles. The van der Waals surface area contributed by atoms with Gasteiger partial charge >= 0.3 is 0 Å². The van der Waals surface area contributed by atoms with Crippen LogP contribution in [0, 0.1) is 12.3 Å². The number of fused-ring (bicyclic) bond motifs is 1. The van der Waals surface area contributed by atoms with Crippen molar-refractivity contribution in [3.63, 3.8) is 0 Å². The Morgan fingerprint density at radius 3 is 2.76 bits per heavy atom. The largest absolute Gasteiger partial charge is 0.505 e. The molecule has 0 bridgehead atoms. The van der Waals surface area contributed by atoms with E-state index in [-0.39, 0.29) is 5.66 Å². The van der Waals surface area contributed by atoms with Crippen molar-refractivity contribution in [2.24, 2.45) is 10.2 Å². The van der Waals surface area contributed by atoms with E-state index in [1.165, 1.54) is 19.3 Å². The number of terminal acetylenes is 1. The van der Waals surface area contributed by atoms with Gasteiger partial charge in [-0.15, -0.1) is 6.42 Å². The van der Waals surface area contributed by atoms with Gasteiger partial charge in [-0.1, -0.05) is 18.4 Å². The molecule has 6 heteroatoms. The fourth-order valence-corrected chi connectivity index (χ4v) is 4.11. The summed E-state index contributed by atoms with van der Waals surface area (Å²) < 4.78 is 0. The van der Waals surface area contributed by atoms with Crippen LogP contribution in [0.1, 0.15) is 43.7 Å². The van der Waals surface area contributed by atoms with E-state index in [1.54, 1.807) is 6.20 Å². The van der Waals surface area contributed by atoms with Gasteiger partial charge in [0.2, 0.25) is 0 Å². The van der Waals surface area contributed by atoms with E-state index in [0.717, 1.165) is 55.7 Å². The highest BCUT2D eigenvalue weighted by Crippen LogP contribution is 2.33. The Morgan fingerprint density at radius 2 is 2.03 bits per heavy atom. The van der Waals surface area contributed by atoms with Crippen LogP contribution in [0.15, 0.2) is 34.6 Å². The second-order valence-corrected chi connectivity index (χ2v) is 8.36. The molecule has 1 N–H and O–H groups in total. The average molecular weight is 392 g/mol. The minimum absolute atomic E-state index is 0.231. The monoisotopic (exact) mass is 391 g/mol. The zero-order chi connectivity index (χ0) is 20.3. The lowest BCUT2D eigenvalue weighted by Crippen LogP contribution is -2.29. The van der Waals surface area contributed by atoms with E-state index in [2.05, 4.69) is 37.0 Å². The number of nitrogens with zero attached hydrogens (tertiary/aromatic N) is 5. The van der Waals surface area contributed by atoms with Crippen LogP contribution in [0.4, 0.5) is 0 Å². The zero-order valence-electron chi connectivity index (χ0n) is 17.1. The molecular weight excluding hydrogens is 362 g/mol. The molecule has 3 heterocycles. The van der Waals surface area contributed by atoms with Gasteiger partial charge in [0.05, 0.1) is 6.54 Å². The first-order valence-electron chi connectivity index (χ1n) is 10.5. The summed E-state index contributed by atoms with van der Waals surface area (Å²) in [6.45, 7) is 7.09. The normalized spacial score (nSPS) is 18.2. The van der Waals surface area contributed by atoms with Crippen LogP contribution in [0.5, 0.6) is 5.75 Å². The molecule has 1 fully saturated rings. The third kappa shape index (κ3) is 4.75. The maximum atomic E-state index is 10.9. The Hall–Kier alpha value is -2.49. The Labute approximate surface area is 172 Å². The third-order valence-electron chi connectivity index (χ3n) is 5.93. The summed E-state index contributed by atoms with van der Waals surface area (Å²) in [4.78, 5) is 9.16. The predicted molar refractivity (Wildman–Crippen MR) is 115 cm³/mol. The smallest absolute Gasteiger partial charge is 0.189 e. The molecule has 2 aromatic rings. The van der Waals surface area contributed by atoms with Crippen molar-refractivity contribution in [2.45, 2.75) is 51.4 Å². The van der Waals surface area contributed by atoms with Gasteiger partial charge in [0.25, 0.3) is 0 Å². The van der Waals surface area contributed by atoms with Crippen LogP contribution in [-0.2, 0) is 13.1 Å². The lowest BCUT2D eigenvalue weighted by Gasteiger charge is -2.27. The summed E-state index contributed by atoms with van der Waals surface area (Å²) in [7, 11) is 0. The first-order chi connectivity index (χ1) is 14.1. The van der Waals surface area contributed by atoms with Crippen molar-refractivity contribution in [3.05, 3.63) is 35.5 Å². The van der Waals surface area contributed by atoms with Gasteiger partial charge in [0, 0.05) is 43.2 Å². The third-order valence-corrected chi connectivity index (χ3v) is 5.93. The lowest BCUT2D eigenvalue weighted by atomic mass is 10.0. The van der Waals surface area contributed by atoms with Crippen LogP contribution < -0.4 is 0 Å². The molecule has 0 atom stereocenters. The van der Waals surface area contributed by atoms with Crippen LogP contribution in [0.3, 0.4) is 0 Å². The summed E-state index contributed by atoms with van der Waals surface area (Å²) >= 11 is 0. The highest BCUT2D eigenvalue weighted by Gasteiger charge is 2.33. The molecule has 2 aliphatic rings. The lowest BCUT2D eigenvalue weighted by molar-refractivity contribution is 0.218. The molecule has 0 aliphatic carbocycles. The number of likely N-dealkylation sites (tertiary alicyclic amines) is 1. The number of hydrogen-bond acceptors (Lipinski definition) is 6. The minimum Gasteiger partial charge on any atom is -0.505 e. The second kappa shape index (κ2) is 8.48. The Balaban J connectivity index is 1.60. The van der Waals surface area contributed by atoms with Gasteiger partial charge in [0.1, 0.15) is 11.3 Å². The first-order valence-corrected chi connectivity index (χ1v) is 10.5. The van der Waals surface area contributed by atoms with Crippen molar-refractivity contribution in [2.75, 3.05) is 26.2 Å². The number of aromatic nitrogens is 1. The number of hydrogen-bond donors (Lipinski definition) is 1. The fraction of sp³-hybridized carbons (Fsp3) is 0.522. The van der Waals surface area contributed by atoms with Gasteiger partial charge < -0.3 is 5.11 Å². The second-order valence-electron chi connectivity index (χ2n) is 8.36. The number of pyridine rings is 1. The minimum atomic E-state index is -0.231. The highest BCUT2D eigenvalue weighted by molar-refractivity contribution is 5.88. The van der Waals surface area contributed by atoms with E-state index in [4.69, 9.17) is 6.42 Å². The van der Waals surface area contributed by atoms with Crippen molar-refractivity contribution in [1.82, 2.24) is 14.8 Å². The molecule has 0 unspecified atom stereocenters. The van der Waals surface area contributed by atoms with Crippen molar-refractivity contribution < 1.29 is 5.11 Å². The summed E-state index contributed by atoms with van der Waals surface area (Å²) in [6.07, 6.45) is 12.0. The summed E-state index contributed by atoms with van der Waals surface area (Å²) in [6, 6.07) is 6.10. The Bertz CT molecular complexity index is 936. The summed E-state index contributed by atoms with van der Waals surface area (Å²) in [5.74, 6) is 3.08. The summed E-state index contributed by atoms with van der Waals surface area (Å²) in [5.41, 5.74) is 2.55. The highest BCUT2D eigenvalue weighted by atomic mass is 16.3. The number of aromatic hydroxyl groups is 1. The molecule has 0 saturated carbocycles. The maximum Gasteiger partial charge on any atom is 0.189 e. The summed E-state index contributed by atoms with van der Waals surface area (Å²) in [5, 5.41) is 20.1. The fourth-order valence-electron chi connectivity index (χ4n) is 4.11. The molecule has 1 aromatic carbocycles. The maximum absolute atomic E-state index is 10.9. The van der Waals surface area contributed by atoms with Crippen LogP contribution in [-0.4, -0.2) is 51.7 Å². The van der Waals surface area contributed by atoms with E-state index in [1.807, 2.05) is 19.1 Å². The van der Waals surface area contributed by atoms with Crippen molar-refractivity contribution in [1.29, 1.82) is 0 Å². The van der Waals surface area contributed by atoms with Gasteiger partial charge in [-0.3, -0.25) is 14.8 Å². The molecule has 29 heavy (non-hydrogen) atoms. The van der Waals surface area contributed by atoms with Crippen molar-refractivity contribution in [3.8, 4) is 18.1 Å². The number of benzene rings is 1. The first kappa shape index (κ1) is 19.8. The Morgan fingerprint density at radius 1 is 1.24 bits per heavy atom. The number of piperidine rings is 1. The van der Waals surface area contributed by atoms with E-state index >= 15 is 0 Å². The average Bonchev–Trinajstić information content (AvgIpc) is 3.48. The van der Waals surface area contributed by atoms with Crippen LogP contribution >= 0.6 is 0 Å². The molecular formula is C23H29N5O. The van der Waals surface area contributed by atoms with Crippen molar-refractivity contribution >= 4 is 10.9 Å². The van der Waals surface area contributed by atoms with Gasteiger partial charge in [0.15, 0.2) is 5.66 Å². The predicted octanol–water partition coefficient (Wildman–Crippen LogP) is 3.93. The number of rotatable bonds is 8. The number of phenolic OH excluding ortho intramolecular Hbond substituents is 1. The SMILES string of the molecule is C#CCN(CCC1(C)N=N1)Cc1cc(CN2CCCCC2)c(O)c2ncccc12. The molecule has 152 valence electrons. The van der Waals surface area contributed by atoms with Gasteiger partial charge in [-0.05, 0) is 50.6 Å². The molecule has 0 spiro atoms. The van der Waals surface area contributed by atoms with Gasteiger partial charge in [-0.2, -0.15) is 10.2 Å². The molecule has 0 radical (unpaired) electrons. The molecule has 4 rings (SSSR count). The van der Waals surface area contributed by atoms with E-state index < -0.39 is 0 Å². The van der Waals surface area contributed by atoms with E-state index in [0.29, 0.717) is 17.8 Å². The molecule has 0 amide bonds. The standard InChI is InChI=1S/C23H29N5O/c1-3-11-27(14-9-23(2)25-26-23)16-18-15-19(17-28-12-5-4-6-13-28)22(29)21-20(18)8-7-10-24-21/h1,7-8,10,15,29H,4-6,9,11-14,16-17H2,2H3. The Kier molecular flexibility index (Phi) is 5.79. The zero-order valence-corrected chi connectivity index (χ0v) is 17.1. The van der Waals surface area contributed by atoms with Crippen LogP contribution in [0.2, 0.25) is 0 Å². The van der Waals surface area contributed by atoms with Crippen LogP contribution in [0.25, 0.3) is 10.9 Å². The van der Waals surface area contributed by atoms with Gasteiger partial charge in [-0.25, -0.2) is 0 Å². The molecule has 6 nitrogen and oxygen atoms in total. The quantitative estimate of drug-likeness (QED) is 0.693. The topological polar surface area (TPSA) is 64.3 Å². The number of phenols is 1.